The van der Waals surface area contributed by atoms with Crippen molar-refractivity contribution in [2.24, 2.45) is 5.10 Å². The third-order valence-corrected chi connectivity index (χ3v) is 4.90. The van der Waals surface area contributed by atoms with Crippen LogP contribution in [-0.4, -0.2) is 33.6 Å². The Kier molecular flexibility index (Phi) is 4.98. The lowest BCUT2D eigenvalue weighted by Crippen LogP contribution is -2.56. The summed E-state index contributed by atoms with van der Waals surface area (Å²) < 4.78 is 42.0. The monoisotopic (exact) mass is 490 g/mol. The Morgan fingerprint density at radius 2 is 1.77 bits per heavy atom. The molecule has 0 saturated carbocycles. The minimum absolute atomic E-state index is 0.0184. The van der Waals surface area contributed by atoms with Crippen molar-refractivity contribution in [2.45, 2.75) is 18.3 Å². The number of aliphatic hydroxyl groups is 1. The Morgan fingerprint density at radius 1 is 1.12 bits per heavy atom. The number of nitrogens with zero attached hydrogens (tertiary/aromatic N) is 2. The lowest BCUT2D eigenvalue weighted by molar-refractivity contribution is -0.297. The quantitative estimate of drug-likeness (QED) is 0.661. The van der Waals surface area contributed by atoms with E-state index in [0.717, 1.165) is 0 Å². The van der Waals surface area contributed by atoms with Gasteiger partial charge >= 0.3 is 6.18 Å². The molecule has 1 aliphatic rings. The molecule has 1 aliphatic heterocycles. The fraction of sp³-hybridized carbons (Fsp3) is 0.176. The first-order valence-electron chi connectivity index (χ1n) is 7.34. The van der Waals surface area contributed by atoms with E-state index in [1.165, 1.54) is 24.3 Å². The summed E-state index contributed by atoms with van der Waals surface area (Å²) in [5.74, 6) is -1.04. The van der Waals surface area contributed by atoms with Crippen molar-refractivity contribution in [3.05, 3.63) is 68.6 Å². The van der Waals surface area contributed by atoms with E-state index in [4.69, 9.17) is 0 Å². The van der Waals surface area contributed by atoms with E-state index >= 15 is 0 Å². The van der Waals surface area contributed by atoms with E-state index in [2.05, 4.69) is 37.0 Å². The van der Waals surface area contributed by atoms with E-state index in [9.17, 15) is 23.1 Å². The highest BCUT2D eigenvalue weighted by molar-refractivity contribution is 9.10. The van der Waals surface area contributed by atoms with Crippen LogP contribution in [0.3, 0.4) is 0 Å². The van der Waals surface area contributed by atoms with Gasteiger partial charge in [-0.2, -0.15) is 23.3 Å². The summed E-state index contributed by atoms with van der Waals surface area (Å²) in [6.45, 7) is 0. The van der Waals surface area contributed by atoms with E-state index in [1.54, 1.807) is 24.3 Å². The third-order valence-electron chi connectivity index (χ3n) is 3.88. The zero-order chi connectivity index (χ0) is 19.1. The summed E-state index contributed by atoms with van der Waals surface area (Å²) in [5, 5.41) is 14.3. The van der Waals surface area contributed by atoms with Gasteiger partial charge in [0.05, 0.1) is 12.1 Å². The first-order valence-corrected chi connectivity index (χ1v) is 8.93. The highest BCUT2D eigenvalue weighted by atomic mass is 79.9. The number of hydrogen-bond acceptors (Lipinski definition) is 3. The molecule has 4 nitrogen and oxygen atoms in total. The second-order valence-electron chi connectivity index (χ2n) is 5.67. The van der Waals surface area contributed by atoms with Crippen molar-refractivity contribution in [3.8, 4) is 0 Å². The minimum atomic E-state index is -5.07. The van der Waals surface area contributed by atoms with Gasteiger partial charge < -0.3 is 5.11 Å². The molecule has 0 bridgehead atoms. The Bertz CT molecular complexity index is 884. The van der Waals surface area contributed by atoms with Crippen LogP contribution >= 0.6 is 31.9 Å². The van der Waals surface area contributed by atoms with Crippen LogP contribution in [0.4, 0.5) is 13.2 Å². The van der Waals surface area contributed by atoms with Gasteiger partial charge in [-0.15, -0.1) is 0 Å². The molecule has 0 radical (unpaired) electrons. The van der Waals surface area contributed by atoms with Gasteiger partial charge in [0.1, 0.15) is 0 Å². The number of alkyl halides is 3. The SMILES string of the molecule is O=C(c1ccc(Br)cc1)N1N=C(c2cccc(Br)c2)CC1(O)C(F)(F)F. The van der Waals surface area contributed by atoms with Gasteiger partial charge in [0.2, 0.25) is 0 Å². The van der Waals surface area contributed by atoms with Gasteiger partial charge in [-0.05, 0) is 42.0 Å². The zero-order valence-electron chi connectivity index (χ0n) is 13.0. The summed E-state index contributed by atoms with van der Waals surface area (Å²) in [6.07, 6.45) is -5.93. The molecule has 1 atom stereocenters. The number of halogens is 5. The number of carbonyl (C=O) groups excluding carboxylic acids is 1. The summed E-state index contributed by atoms with van der Waals surface area (Å²) in [7, 11) is 0. The predicted octanol–water partition coefficient (Wildman–Crippen LogP) is 4.71. The van der Waals surface area contributed by atoms with Gasteiger partial charge in [0.15, 0.2) is 0 Å². The van der Waals surface area contributed by atoms with Crippen molar-refractivity contribution < 1.29 is 23.1 Å². The van der Waals surface area contributed by atoms with Gasteiger partial charge in [-0.1, -0.05) is 44.0 Å². The smallest absolute Gasteiger partial charge is 0.362 e. The number of hydrazone groups is 1. The Labute approximate surface area is 163 Å². The van der Waals surface area contributed by atoms with Crippen LogP contribution in [0.5, 0.6) is 0 Å². The maximum Gasteiger partial charge on any atom is 0.438 e. The Balaban J connectivity index is 2.05. The zero-order valence-corrected chi connectivity index (χ0v) is 16.1. The van der Waals surface area contributed by atoms with Gasteiger partial charge in [0, 0.05) is 14.5 Å². The highest BCUT2D eigenvalue weighted by Crippen LogP contribution is 2.42. The molecule has 0 spiro atoms. The van der Waals surface area contributed by atoms with Crippen LogP contribution in [0.25, 0.3) is 0 Å². The van der Waals surface area contributed by atoms with Crippen molar-refractivity contribution >= 4 is 43.5 Å². The molecule has 2 aromatic rings. The van der Waals surface area contributed by atoms with Crippen molar-refractivity contribution in [1.82, 2.24) is 5.01 Å². The van der Waals surface area contributed by atoms with E-state index in [-0.39, 0.29) is 16.3 Å². The molecule has 1 N–H and O–H groups in total. The fourth-order valence-corrected chi connectivity index (χ4v) is 3.19. The molecular formula is C17H11Br2F3N2O2. The van der Waals surface area contributed by atoms with Crippen LogP contribution < -0.4 is 0 Å². The number of amides is 1. The lowest BCUT2D eigenvalue weighted by atomic mass is 10.0. The summed E-state index contributed by atoms with van der Waals surface area (Å²) >= 11 is 6.43. The van der Waals surface area contributed by atoms with Crippen LogP contribution in [0.1, 0.15) is 22.3 Å². The first-order chi connectivity index (χ1) is 12.1. The van der Waals surface area contributed by atoms with Crippen LogP contribution in [0.15, 0.2) is 62.6 Å². The van der Waals surface area contributed by atoms with Gasteiger partial charge in [-0.3, -0.25) is 4.79 Å². The third kappa shape index (κ3) is 3.43. The standard InChI is InChI=1S/C17H11Br2F3N2O2/c18-12-6-4-10(5-7-12)15(25)24-16(26,17(20,21)22)9-14(23-24)11-2-1-3-13(19)8-11/h1-8,26H,9H2. The molecular weight excluding hydrogens is 481 g/mol. The number of benzene rings is 2. The normalized spacial score (nSPS) is 20.2. The molecule has 0 fully saturated rings. The maximum absolute atomic E-state index is 13.6. The number of hydrogen-bond donors (Lipinski definition) is 1. The second-order valence-corrected chi connectivity index (χ2v) is 7.50. The summed E-state index contributed by atoms with van der Waals surface area (Å²) in [6, 6.07) is 12.2. The maximum atomic E-state index is 13.6. The van der Waals surface area contributed by atoms with E-state index in [0.29, 0.717) is 14.5 Å². The molecule has 9 heteroatoms. The minimum Gasteiger partial charge on any atom is -0.362 e. The molecule has 0 aromatic heterocycles. The molecule has 1 heterocycles. The van der Waals surface area contributed by atoms with Gasteiger partial charge in [0.25, 0.3) is 11.6 Å². The van der Waals surface area contributed by atoms with Crippen molar-refractivity contribution in [2.75, 3.05) is 0 Å². The average molecular weight is 492 g/mol. The molecule has 0 aliphatic carbocycles. The van der Waals surface area contributed by atoms with Crippen molar-refractivity contribution in [3.63, 3.8) is 0 Å². The Hall–Kier alpha value is -1.71. The first kappa shape index (κ1) is 19.1. The molecule has 0 saturated heterocycles. The van der Waals surface area contributed by atoms with Crippen LogP contribution in [-0.2, 0) is 0 Å². The van der Waals surface area contributed by atoms with Crippen molar-refractivity contribution in [1.29, 1.82) is 0 Å². The molecule has 136 valence electrons. The second kappa shape index (κ2) is 6.79. The molecule has 1 unspecified atom stereocenters. The van der Waals surface area contributed by atoms with Crippen LogP contribution in [0.2, 0.25) is 0 Å². The molecule has 1 amide bonds. The Morgan fingerprint density at radius 3 is 2.35 bits per heavy atom. The largest absolute Gasteiger partial charge is 0.438 e. The highest BCUT2D eigenvalue weighted by Gasteiger charge is 2.63. The number of rotatable bonds is 2. The van der Waals surface area contributed by atoms with E-state index in [1.807, 2.05) is 0 Å². The summed E-state index contributed by atoms with van der Waals surface area (Å²) in [5.41, 5.74) is -3.07. The lowest BCUT2D eigenvalue weighted by Gasteiger charge is -2.32. The predicted molar refractivity (Wildman–Crippen MR) is 96.6 cm³/mol. The average Bonchev–Trinajstić information content (AvgIpc) is 2.94. The summed E-state index contributed by atoms with van der Waals surface area (Å²) in [4.78, 5) is 12.6. The molecule has 2 aromatic carbocycles. The topological polar surface area (TPSA) is 52.9 Å². The van der Waals surface area contributed by atoms with E-state index < -0.39 is 24.2 Å². The van der Waals surface area contributed by atoms with Crippen LogP contribution in [0, 0.1) is 0 Å². The fourth-order valence-electron chi connectivity index (χ4n) is 2.52. The molecule has 3 rings (SSSR count). The number of carbonyl (C=O) groups is 1. The van der Waals surface area contributed by atoms with Gasteiger partial charge in [-0.25, -0.2) is 0 Å². The molecule has 26 heavy (non-hydrogen) atoms.